The first-order valence-electron chi connectivity index (χ1n) is 6.81. The first-order chi connectivity index (χ1) is 9.56. The van der Waals surface area contributed by atoms with Crippen molar-refractivity contribution >= 4 is 11.4 Å². The summed E-state index contributed by atoms with van der Waals surface area (Å²) in [6.45, 7) is 3.29. The Labute approximate surface area is 118 Å². The van der Waals surface area contributed by atoms with Crippen LogP contribution in [0.15, 0.2) is 18.2 Å². The van der Waals surface area contributed by atoms with Crippen molar-refractivity contribution in [3.8, 4) is 0 Å². The zero-order valence-corrected chi connectivity index (χ0v) is 11.9. The number of ether oxygens (including phenoxy) is 1. The van der Waals surface area contributed by atoms with Gasteiger partial charge in [-0.1, -0.05) is 6.07 Å². The fraction of sp³-hybridized carbons (Fsp3) is 0.571. The second-order valence-electron chi connectivity index (χ2n) is 5.19. The van der Waals surface area contributed by atoms with Crippen LogP contribution in [0.4, 0.5) is 11.4 Å². The van der Waals surface area contributed by atoms with Crippen LogP contribution in [-0.4, -0.2) is 37.3 Å². The molecule has 20 heavy (non-hydrogen) atoms. The lowest BCUT2D eigenvalue weighted by Gasteiger charge is -2.40. The van der Waals surface area contributed by atoms with E-state index in [4.69, 9.17) is 10.5 Å². The zero-order chi connectivity index (χ0) is 14.7. The van der Waals surface area contributed by atoms with Gasteiger partial charge in [0.1, 0.15) is 0 Å². The molecule has 1 aromatic carbocycles. The van der Waals surface area contributed by atoms with Crippen LogP contribution in [-0.2, 0) is 4.74 Å². The highest BCUT2D eigenvalue weighted by atomic mass is 16.6. The lowest BCUT2D eigenvalue weighted by atomic mass is 9.97. The van der Waals surface area contributed by atoms with Crippen LogP contribution in [0, 0.1) is 17.0 Å². The van der Waals surface area contributed by atoms with Crippen molar-refractivity contribution in [1.82, 2.24) is 0 Å². The van der Waals surface area contributed by atoms with Crippen molar-refractivity contribution < 1.29 is 9.66 Å². The molecule has 0 bridgehead atoms. The maximum atomic E-state index is 10.9. The number of hydrogen-bond donors (Lipinski definition) is 1. The van der Waals surface area contributed by atoms with Gasteiger partial charge in [0.05, 0.1) is 11.0 Å². The van der Waals surface area contributed by atoms with Crippen LogP contribution in [0.2, 0.25) is 0 Å². The van der Waals surface area contributed by atoms with Crippen LogP contribution >= 0.6 is 0 Å². The normalized spacial score (nSPS) is 22.9. The number of rotatable bonds is 4. The van der Waals surface area contributed by atoms with Gasteiger partial charge in [-0.25, -0.2) is 0 Å². The van der Waals surface area contributed by atoms with Gasteiger partial charge in [0, 0.05) is 44.1 Å². The molecule has 1 aliphatic rings. The van der Waals surface area contributed by atoms with Gasteiger partial charge in [-0.05, 0) is 25.3 Å². The third kappa shape index (κ3) is 2.91. The van der Waals surface area contributed by atoms with Crippen molar-refractivity contribution in [1.29, 1.82) is 0 Å². The molecule has 1 heterocycles. The maximum absolute atomic E-state index is 10.9. The maximum Gasteiger partial charge on any atom is 0.271 e. The average Bonchev–Trinajstić information content (AvgIpc) is 2.47. The van der Waals surface area contributed by atoms with Gasteiger partial charge in [-0.3, -0.25) is 10.1 Å². The predicted molar refractivity (Wildman–Crippen MR) is 78.1 cm³/mol. The van der Waals surface area contributed by atoms with Crippen molar-refractivity contribution in [2.45, 2.75) is 31.9 Å². The number of hydrogen-bond acceptors (Lipinski definition) is 5. The molecule has 2 atom stereocenters. The van der Waals surface area contributed by atoms with Gasteiger partial charge in [-0.15, -0.1) is 0 Å². The molecule has 0 aromatic heterocycles. The van der Waals surface area contributed by atoms with Gasteiger partial charge in [0.25, 0.3) is 5.69 Å². The summed E-state index contributed by atoms with van der Waals surface area (Å²) < 4.78 is 5.41. The molecule has 0 amide bonds. The molecule has 0 aliphatic carbocycles. The highest BCUT2D eigenvalue weighted by Gasteiger charge is 2.29. The Bertz CT molecular complexity index is 493. The molecule has 2 rings (SSSR count). The number of methoxy groups -OCH3 is 1. The van der Waals surface area contributed by atoms with Gasteiger partial charge < -0.3 is 15.4 Å². The molecule has 6 heteroatoms. The summed E-state index contributed by atoms with van der Waals surface area (Å²) in [5.41, 5.74) is 7.92. The number of nitro benzene ring substituents is 1. The van der Waals surface area contributed by atoms with Crippen LogP contribution in [0.5, 0.6) is 0 Å². The largest absolute Gasteiger partial charge is 0.381 e. The molecule has 0 spiro atoms. The van der Waals surface area contributed by atoms with E-state index in [0.717, 1.165) is 30.6 Å². The molecule has 0 radical (unpaired) electrons. The van der Waals surface area contributed by atoms with E-state index in [-0.39, 0.29) is 22.8 Å². The summed E-state index contributed by atoms with van der Waals surface area (Å²) in [6, 6.07) is 5.14. The van der Waals surface area contributed by atoms with Crippen LogP contribution in [0.25, 0.3) is 0 Å². The standard InChI is InChI=1S/C14H21N3O3/c1-10-3-4-11(17(18)19)8-14(10)16-6-5-13(20-2)7-12(16)9-15/h3-4,8,12-13H,5-7,9,15H2,1-2H3. The molecule has 2 N–H and O–H groups in total. The summed E-state index contributed by atoms with van der Waals surface area (Å²) in [5.74, 6) is 0. The fourth-order valence-electron chi connectivity index (χ4n) is 2.79. The van der Waals surface area contributed by atoms with Gasteiger partial charge in [0.2, 0.25) is 0 Å². The smallest absolute Gasteiger partial charge is 0.271 e. The molecule has 110 valence electrons. The summed E-state index contributed by atoms with van der Waals surface area (Å²) in [4.78, 5) is 12.8. The van der Waals surface area contributed by atoms with Crippen molar-refractivity contribution in [3.05, 3.63) is 33.9 Å². The number of piperidine rings is 1. The van der Waals surface area contributed by atoms with E-state index in [1.54, 1.807) is 19.2 Å². The van der Waals surface area contributed by atoms with Gasteiger partial charge in [-0.2, -0.15) is 0 Å². The number of anilines is 1. The summed E-state index contributed by atoms with van der Waals surface area (Å²) in [5, 5.41) is 10.9. The topological polar surface area (TPSA) is 81.6 Å². The lowest BCUT2D eigenvalue weighted by Crippen LogP contribution is -2.49. The molecule has 2 unspecified atom stereocenters. The Morgan fingerprint density at radius 1 is 1.55 bits per heavy atom. The third-order valence-electron chi connectivity index (χ3n) is 3.99. The molecule has 1 aliphatic heterocycles. The summed E-state index contributed by atoms with van der Waals surface area (Å²) in [7, 11) is 1.71. The average molecular weight is 279 g/mol. The van der Waals surface area contributed by atoms with E-state index in [1.807, 2.05) is 6.92 Å². The fourth-order valence-corrected chi connectivity index (χ4v) is 2.79. The number of nitrogens with zero attached hydrogens (tertiary/aromatic N) is 2. The van der Waals surface area contributed by atoms with Crippen molar-refractivity contribution in [2.24, 2.45) is 5.73 Å². The number of nitro groups is 1. The number of aryl methyl sites for hydroxylation is 1. The molecular formula is C14H21N3O3. The van der Waals surface area contributed by atoms with Crippen molar-refractivity contribution in [2.75, 3.05) is 25.1 Å². The predicted octanol–water partition coefficient (Wildman–Crippen LogP) is 1.85. The summed E-state index contributed by atoms with van der Waals surface area (Å²) >= 11 is 0. The first kappa shape index (κ1) is 14.7. The Balaban J connectivity index is 2.30. The van der Waals surface area contributed by atoms with E-state index in [0.29, 0.717) is 6.54 Å². The molecule has 1 fully saturated rings. The zero-order valence-electron chi connectivity index (χ0n) is 11.9. The Hall–Kier alpha value is -1.66. The van der Waals surface area contributed by atoms with E-state index in [2.05, 4.69) is 4.90 Å². The molecule has 0 saturated carbocycles. The first-order valence-corrected chi connectivity index (χ1v) is 6.81. The quantitative estimate of drug-likeness (QED) is 0.672. The van der Waals surface area contributed by atoms with Crippen molar-refractivity contribution in [3.63, 3.8) is 0 Å². The second-order valence-corrected chi connectivity index (χ2v) is 5.19. The molecule has 1 saturated heterocycles. The lowest BCUT2D eigenvalue weighted by molar-refractivity contribution is -0.384. The van der Waals surface area contributed by atoms with Gasteiger partial charge >= 0.3 is 0 Å². The highest BCUT2D eigenvalue weighted by Crippen LogP contribution is 2.31. The Morgan fingerprint density at radius 2 is 2.30 bits per heavy atom. The number of nitrogens with two attached hydrogens (primary N) is 1. The molecule has 1 aromatic rings. The monoisotopic (exact) mass is 279 g/mol. The second kappa shape index (κ2) is 6.19. The van der Waals surface area contributed by atoms with Gasteiger partial charge in [0.15, 0.2) is 0 Å². The van der Waals surface area contributed by atoms with Crippen LogP contribution < -0.4 is 10.6 Å². The molecule has 6 nitrogen and oxygen atoms in total. The minimum absolute atomic E-state index is 0.121. The minimum atomic E-state index is -0.359. The highest BCUT2D eigenvalue weighted by molar-refractivity contribution is 5.59. The van der Waals surface area contributed by atoms with E-state index >= 15 is 0 Å². The number of non-ortho nitro benzene ring substituents is 1. The summed E-state index contributed by atoms with van der Waals surface area (Å²) in [6.07, 6.45) is 1.99. The van der Waals surface area contributed by atoms with E-state index in [9.17, 15) is 10.1 Å². The SMILES string of the molecule is COC1CCN(c2cc([N+](=O)[O-])ccc2C)C(CN)C1. The Kier molecular flexibility index (Phi) is 4.57. The number of benzene rings is 1. The third-order valence-corrected chi connectivity index (χ3v) is 3.99. The van der Waals surface area contributed by atoms with E-state index < -0.39 is 0 Å². The van der Waals surface area contributed by atoms with Crippen LogP contribution in [0.1, 0.15) is 18.4 Å². The van der Waals surface area contributed by atoms with Crippen LogP contribution in [0.3, 0.4) is 0 Å². The molecular weight excluding hydrogens is 258 g/mol. The van der Waals surface area contributed by atoms with E-state index in [1.165, 1.54) is 6.07 Å². The minimum Gasteiger partial charge on any atom is -0.381 e. The Morgan fingerprint density at radius 3 is 2.90 bits per heavy atom.